The molecule has 3 aromatic heterocycles. The molecule has 36 heavy (non-hydrogen) atoms. The third-order valence-corrected chi connectivity index (χ3v) is 6.34. The van der Waals surface area contributed by atoms with Crippen molar-refractivity contribution in [1.82, 2.24) is 30.2 Å². The lowest BCUT2D eigenvalue weighted by Gasteiger charge is -2.24. The fourth-order valence-electron chi connectivity index (χ4n) is 4.59. The summed E-state index contributed by atoms with van der Waals surface area (Å²) in [6.07, 6.45) is 2.83. The first-order valence-electron chi connectivity index (χ1n) is 11.7. The van der Waals surface area contributed by atoms with E-state index in [9.17, 15) is 14.9 Å². The Labute approximate surface area is 208 Å². The largest absolute Gasteiger partial charge is 0.349 e. The summed E-state index contributed by atoms with van der Waals surface area (Å²) in [4.78, 5) is 33.8. The van der Waals surface area contributed by atoms with Crippen LogP contribution in [0.1, 0.15) is 47.2 Å². The number of hydrogen-bond donors (Lipinski definition) is 2. The van der Waals surface area contributed by atoms with E-state index in [0.717, 1.165) is 28.1 Å². The molecule has 2 N–H and O–H groups in total. The van der Waals surface area contributed by atoms with E-state index in [4.69, 9.17) is 10.1 Å². The molecule has 5 rings (SSSR count). The molecule has 0 radical (unpaired) electrons. The van der Waals surface area contributed by atoms with E-state index >= 15 is 0 Å². The van der Waals surface area contributed by atoms with E-state index in [1.165, 1.54) is 0 Å². The molecule has 1 aromatic carbocycles. The van der Waals surface area contributed by atoms with Crippen LogP contribution in [0.2, 0.25) is 0 Å². The second-order valence-corrected chi connectivity index (χ2v) is 9.43. The Kier molecular flexibility index (Phi) is 5.72. The van der Waals surface area contributed by atoms with Gasteiger partial charge in [-0.05, 0) is 63.1 Å². The number of nitrogens with zero attached hydrogens (tertiary/aromatic N) is 5. The van der Waals surface area contributed by atoms with Crippen LogP contribution < -0.4 is 10.6 Å². The van der Waals surface area contributed by atoms with E-state index in [1.807, 2.05) is 45.0 Å². The van der Waals surface area contributed by atoms with Gasteiger partial charge in [-0.25, -0.2) is 9.50 Å². The fourth-order valence-corrected chi connectivity index (χ4v) is 4.59. The van der Waals surface area contributed by atoms with Crippen LogP contribution in [0, 0.1) is 25.2 Å². The molecule has 4 aromatic rings. The zero-order valence-corrected chi connectivity index (χ0v) is 20.3. The minimum Gasteiger partial charge on any atom is -0.349 e. The number of hydrogen-bond acceptors (Lipinski definition) is 6. The summed E-state index contributed by atoms with van der Waals surface area (Å²) in [6.45, 7) is 6.07. The molecule has 1 unspecified atom stereocenters. The van der Waals surface area contributed by atoms with Crippen LogP contribution in [0.4, 0.5) is 0 Å². The third kappa shape index (κ3) is 4.41. The Morgan fingerprint density at radius 2 is 1.94 bits per heavy atom. The number of carbonyl (C=O) groups excluding carboxylic acids is 2. The summed E-state index contributed by atoms with van der Waals surface area (Å²) in [5.74, 6) is -0.340. The van der Waals surface area contributed by atoms with Gasteiger partial charge in [0.15, 0.2) is 5.65 Å². The van der Waals surface area contributed by atoms with Crippen molar-refractivity contribution in [3.63, 3.8) is 0 Å². The lowest BCUT2D eigenvalue weighted by molar-refractivity contribution is -0.119. The van der Waals surface area contributed by atoms with Crippen molar-refractivity contribution < 1.29 is 9.59 Å². The van der Waals surface area contributed by atoms with E-state index < -0.39 is 5.54 Å². The predicted molar refractivity (Wildman–Crippen MR) is 134 cm³/mol. The molecule has 1 fully saturated rings. The average Bonchev–Trinajstić information content (AvgIpc) is 3.41. The van der Waals surface area contributed by atoms with Crippen molar-refractivity contribution in [2.75, 3.05) is 6.54 Å². The molecule has 0 spiro atoms. The number of nitrogens with one attached hydrogen (secondary N) is 2. The Morgan fingerprint density at radius 3 is 2.64 bits per heavy atom. The monoisotopic (exact) mass is 479 g/mol. The minimum atomic E-state index is -0.469. The second kappa shape index (κ2) is 8.89. The first-order chi connectivity index (χ1) is 17.2. The smallest absolute Gasteiger partial charge is 0.270 e. The van der Waals surface area contributed by atoms with Gasteiger partial charge in [0.25, 0.3) is 5.91 Å². The van der Waals surface area contributed by atoms with Gasteiger partial charge in [0.05, 0.1) is 22.7 Å². The number of rotatable bonds is 5. The minimum absolute atomic E-state index is 0.00821. The van der Waals surface area contributed by atoms with Gasteiger partial charge in [0.2, 0.25) is 5.91 Å². The molecule has 9 heteroatoms. The van der Waals surface area contributed by atoms with Crippen molar-refractivity contribution in [2.45, 2.75) is 39.2 Å². The highest BCUT2D eigenvalue weighted by molar-refractivity contribution is 5.95. The number of nitriles is 1. The summed E-state index contributed by atoms with van der Waals surface area (Å²) in [7, 11) is 0. The van der Waals surface area contributed by atoms with Crippen LogP contribution in [0.15, 0.2) is 48.7 Å². The Bertz CT molecular complexity index is 1550. The Hall–Kier alpha value is -4.58. The number of fused-ring (bicyclic) bond motifs is 1. The highest BCUT2D eigenvalue weighted by Gasteiger charge is 2.33. The lowest BCUT2D eigenvalue weighted by atomic mass is 9.99. The highest BCUT2D eigenvalue weighted by atomic mass is 16.2. The molecule has 0 aliphatic carbocycles. The van der Waals surface area contributed by atoms with Gasteiger partial charge in [-0.15, -0.1) is 0 Å². The second-order valence-electron chi connectivity index (χ2n) is 9.43. The topological polar surface area (TPSA) is 125 Å². The van der Waals surface area contributed by atoms with E-state index in [0.29, 0.717) is 36.3 Å². The van der Waals surface area contributed by atoms with Crippen molar-refractivity contribution >= 4 is 17.5 Å². The van der Waals surface area contributed by atoms with Crippen LogP contribution in [0.5, 0.6) is 0 Å². The molecule has 9 nitrogen and oxygen atoms in total. The SMILES string of the molecule is Cc1cc(-c2c(-c3cccc(C#N)c3)nn3ccc(C(=O)NCC4(C)CCC(=O)N4)nc23)cc(C)n1. The van der Waals surface area contributed by atoms with Crippen molar-refractivity contribution in [2.24, 2.45) is 0 Å². The number of aromatic nitrogens is 4. The summed E-state index contributed by atoms with van der Waals surface area (Å²) in [5.41, 5.74) is 5.58. The summed E-state index contributed by atoms with van der Waals surface area (Å²) < 4.78 is 1.64. The van der Waals surface area contributed by atoms with E-state index in [1.54, 1.807) is 28.9 Å². The Morgan fingerprint density at radius 1 is 1.17 bits per heavy atom. The molecule has 180 valence electrons. The molecule has 0 saturated carbocycles. The average molecular weight is 480 g/mol. The molecule has 1 aliphatic heterocycles. The van der Waals surface area contributed by atoms with Crippen LogP contribution in [0.3, 0.4) is 0 Å². The normalized spacial score (nSPS) is 17.1. The molecule has 1 aliphatic rings. The van der Waals surface area contributed by atoms with Crippen LogP contribution in [-0.2, 0) is 4.79 Å². The zero-order valence-electron chi connectivity index (χ0n) is 20.3. The number of pyridine rings is 1. The molecule has 1 saturated heterocycles. The van der Waals surface area contributed by atoms with Crippen LogP contribution in [0.25, 0.3) is 28.0 Å². The number of benzene rings is 1. The Balaban J connectivity index is 1.60. The molecule has 1 atom stereocenters. The summed E-state index contributed by atoms with van der Waals surface area (Å²) >= 11 is 0. The number of amides is 2. The predicted octanol–water partition coefficient (Wildman–Crippen LogP) is 3.35. The molecule has 2 amide bonds. The van der Waals surface area contributed by atoms with E-state index in [-0.39, 0.29) is 17.5 Å². The van der Waals surface area contributed by atoms with E-state index in [2.05, 4.69) is 21.7 Å². The number of carbonyl (C=O) groups is 2. The highest BCUT2D eigenvalue weighted by Crippen LogP contribution is 2.35. The third-order valence-electron chi connectivity index (χ3n) is 6.34. The van der Waals surface area contributed by atoms with Gasteiger partial charge < -0.3 is 10.6 Å². The number of aryl methyl sites for hydroxylation is 2. The van der Waals surface area contributed by atoms with Gasteiger partial charge in [-0.2, -0.15) is 10.4 Å². The van der Waals surface area contributed by atoms with Crippen molar-refractivity contribution in [3.8, 4) is 28.5 Å². The first kappa shape index (κ1) is 23.2. The van der Waals surface area contributed by atoms with Gasteiger partial charge in [-0.1, -0.05) is 12.1 Å². The van der Waals surface area contributed by atoms with Gasteiger partial charge in [0.1, 0.15) is 11.4 Å². The molecular weight excluding hydrogens is 454 g/mol. The first-order valence-corrected chi connectivity index (χ1v) is 11.7. The van der Waals surface area contributed by atoms with Crippen molar-refractivity contribution in [1.29, 1.82) is 5.26 Å². The maximum absolute atomic E-state index is 13.0. The maximum Gasteiger partial charge on any atom is 0.270 e. The summed E-state index contributed by atoms with van der Waals surface area (Å²) in [6, 6.07) is 15.0. The quantitative estimate of drug-likeness (QED) is 0.452. The molecular formula is C27H25N7O2. The lowest BCUT2D eigenvalue weighted by Crippen LogP contribution is -2.48. The maximum atomic E-state index is 13.0. The van der Waals surface area contributed by atoms with Crippen LogP contribution >= 0.6 is 0 Å². The van der Waals surface area contributed by atoms with Crippen LogP contribution in [-0.4, -0.2) is 43.5 Å². The standard InChI is InChI=1S/C27H25N7O2/c1-16-11-20(12-17(2)30-16)23-24(19-6-4-5-18(13-19)14-28)33-34-10-8-21(31-25(23)34)26(36)29-15-27(3)9-7-22(35)32-27/h4-6,8,10-13H,7,9,15H2,1-3H3,(H,29,36)(H,32,35). The van der Waals surface area contributed by atoms with Gasteiger partial charge in [0, 0.05) is 36.1 Å². The fraction of sp³-hybridized carbons (Fsp3) is 0.259. The molecule has 4 heterocycles. The summed E-state index contributed by atoms with van der Waals surface area (Å²) in [5, 5.41) is 20.0. The van der Waals surface area contributed by atoms with Gasteiger partial charge >= 0.3 is 0 Å². The molecule has 0 bridgehead atoms. The van der Waals surface area contributed by atoms with Crippen molar-refractivity contribution in [3.05, 3.63) is 71.3 Å². The van der Waals surface area contributed by atoms with Gasteiger partial charge in [-0.3, -0.25) is 14.6 Å². The zero-order chi connectivity index (χ0) is 25.4.